The molecule has 7 nitrogen and oxygen atoms in total. The maximum absolute atomic E-state index is 12.5. The van der Waals surface area contributed by atoms with Gasteiger partial charge in [0.2, 0.25) is 5.95 Å². The van der Waals surface area contributed by atoms with Crippen molar-refractivity contribution < 1.29 is 4.79 Å². The summed E-state index contributed by atoms with van der Waals surface area (Å²) >= 11 is 0. The molecule has 1 aliphatic rings. The van der Waals surface area contributed by atoms with Crippen LogP contribution in [0.1, 0.15) is 30.0 Å². The maximum atomic E-state index is 12.5. The number of nitrogens with one attached hydrogen (secondary N) is 3. The van der Waals surface area contributed by atoms with E-state index in [1.807, 2.05) is 55.3 Å². The summed E-state index contributed by atoms with van der Waals surface area (Å²) in [5, 5.41) is 9.94. The lowest BCUT2D eigenvalue weighted by molar-refractivity contribution is 0.222. The first-order chi connectivity index (χ1) is 18.1. The van der Waals surface area contributed by atoms with Crippen molar-refractivity contribution in [3.8, 4) is 0 Å². The van der Waals surface area contributed by atoms with E-state index in [2.05, 4.69) is 69.5 Å². The lowest BCUT2D eigenvalue weighted by Crippen LogP contribution is -2.32. The van der Waals surface area contributed by atoms with Gasteiger partial charge in [0.1, 0.15) is 13.7 Å². The van der Waals surface area contributed by atoms with E-state index in [1.54, 1.807) is 0 Å². The van der Waals surface area contributed by atoms with Crippen LogP contribution in [0.4, 0.5) is 27.9 Å². The lowest BCUT2D eigenvalue weighted by Gasteiger charge is -2.22. The van der Waals surface area contributed by atoms with Crippen LogP contribution in [0.25, 0.3) is 0 Å². The molecule has 8 heteroatoms. The normalized spacial score (nSPS) is 13.7. The molecule has 1 atom stereocenters. The third-order valence-corrected chi connectivity index (χ3v) is 6.53. The Morgan fingerprint density at radius 1 is 0.919 bits per heavy atom. The van der Waals surface area contributed by atoms with E-state index in [4.69, 9.17) is 4.98 Å². The molecule has 3 N–H and O–H groups in total. The lowest BCUT2D eigenvalue weighted by atomic mass is 9.96. The smallest absolute Gasteiger partial charge is 0.321 e. The van der Waals surface area contributed by atoms with E-state index < -0.39 is 0 Å². The zero-order valence-corrected chi connectivity index (χ0v) is 21.0. The summed E-state index contributed by atoms with van der Waals surface area (Å²) in [5.41, 5.74) is 4.95. The molecule has 1 fully saturated rings. The highest BCUT2D eigenvalue weighted by Gasteiger charge is 2.18. The highest BCUT2D eigenvalue weighted by atomic mass is 16.2. The van der Waals surface area contributed by atoms with Crippen LogP contribution < -0.4 is 21.4 Å². The number of urea groups is 1. The number of hydrogen-bond acceptors (Lipinski definition) is 5. The number of nitrogens with zero attached hydrogens (tertiary/aromatic N) is 3. The Kier molecular flexibility index (Phi) is 7.65. The SMILES string of the molecule is Bc1cnc(Nc2cccc(NC(=O)N3CCCC3)c2)nc1NC(Cc1ccccc1)c1ccccc1. The first kappa shape index (κ1) is 24.4. The van der Waals surface area contributed by atoms with Gasteiger partial charge in [0.25, 0.3) is 0 Å². The third-order valence-electron chi connectivity index (χ3n) is 6.53. The number of likely N-dealkylation sites (tertiary alicyclic amines) is 1. The number of carbonyl (C=O) groups is 1. The van der Waals surface area contributed by atoms with Crippen LogP contribution in [0.15, 0.2) is 91.1 Å². The van der Waals surface area contributed by atoms with Crippen molar-refractivity contribution in [3.05, 3.63) is 102 Å². The molecule has 3 aromatic carbocycles. The molecule has 5 rings (SSSR count). The van der Waals surface area contributed by atoms with Crippen molar-refractivity contribution >= 4 is 42.5 Å². The van der Waals surface area contributed by atoms with Gasteiger partial charge in [-0.3, -0.25) is 0 Å². The average Bonchev–Trinajstić information content (AvgIpc) is 3.47. The summed E-state index contributed by atoms with van der Waals surface area (Å²) in [6, 6.07) is 28.5. The summed E-state index contributed by atoms with van der Waals surface area (Å²) in [6.07, 6.45) is 4.77. The first-order valence-electron chi connectivity index (χ1n) is 12.8. The minimum Gasteiger partial charge on any atom is -0.363 e. The van der Waals surface area contributed by atoms with Crippen LogP contribution >= 0.6 is 0 Å². The van der Waals surface area contributed by atoms with Crippen molar-refractivity contribution in [2.24, 2.45) is 0 Å². The van der Waals surface area contributed by atoms with E-state index >= 15 is 0 Å². The molecule has 186 valence electrons. The molecule has 1 unspecified atom stereocenters. The van der Waals surface area contributed by atoms with Gasteiger partial charge in [-0.25, -0.2) is 9.78 Å². The van der Waals surface area contributed by atoms with Gasteiger partial charge in [0.05, 0.1) is 6.04 Å². The second-order valence-corrected chi connectivity index (χ2v) is 9.35. The first-order valence-corrected chi connectivity index (χ1v) is 12.8. The molecule has 1 aromatic heterocycles. The highest BCUT2D eigenvalue weighted by molar-refractivity contribution is 6.35. The number of anilines is 4. The second-order valence-electron chi connectivity index (χ2n) is 9.35. The third kappa shape index (κ3) is 6.47. The number of aromatic nitrogens is 2. The molecule has 0 aliphatic carbocycles. The fourth-order valence-electron chi connectivity index (χ4n) is 4.53. The molecule has 0 radical (unpaired) electrons. The predicted octanol–water partition coefficient (Wildman–Crippen LogP) is 4.50. The summed E-state index contributed by atoms with van der Waals surface area (Å²) in [7, 11) is 2.01. The predicted molar refractivity (Wildman–Crippen MR) is 153 cm³/mol. The Morgan fingerprint density at radius 3 is 2.38 bits per heavy atom. The number of carbonyl (C=O) groups excluding carboxylic acids is 1. The van der Waals surface area contributed by atoms with Gasteiger partial charge in [-0.2, -0.15) is 4.98 Å². The standard InChI is InChI=1S/C29H31BN6O/c30-25-20-31-28(32-23-14-9-15-24(19-23)33-29(37)36-16-7-8-17-36)35-27(25)34-26(22-12-5-2-6-13-22)18-21-10-3-1-4-11-21/h1-6,9-15,19-20,26H,7-8,16-18,30H2,(H,33,37)(H2,31,32,34,35). The minimum atomic E-state index is -0.0573. The zero-order chi connectivity index (χ0) is 25.5. The topological polar surface area (TPSA) is 82.2 Å². The number of hydrogen-bond donors (Lipinski definition) is 3. The quantitative estimate of drug-likeness (QED) is 0.317. The fraction of sp³-hybridized carbons (Fsp3) is 0.207. The number of benzene rings is 3. The van der Waals surface area contributed by atoms with Crippen molar-refractivity contribution in [1.29, 1.82) is 0 Å². The molecule has 4 aromatic rings. The van der Waals surface area contributed by atoms with Crippen molar-refractivity contribution in [3.63, 3.8) is 0 Å². The molecule has 0 saturated carbocycles. The van der Waals surface area contributed by atoms with E-state index in [9.17, 15) is 4.79 Å². The van der Waals surface area contributed by atoms with E-state index in [0.29, 0.717) is 5.95 Å². The molecule has 37 heavy (non-hydrogen) atoms. The Hall–Kier alpha value is -4.33. The Bertz CT molecular complexity index is 1330. The van der Waals surface area contributed by atoms with E-state index in [-0.39, 0.29) is 12.1 Å². The molecular formula is C29H31BN6O. The molecule has 2 amide bonds. The fourth-order valence-corrected chi connectivity index (χ4v) is 4.53. The summed E-state index contributed by atoms with van der Waals surface area (Å²) in [4.78, 5) is 23.6. The Balaban J connectivity index is 1.32. The number of rotatable bonds is 8. The van der Waals surface area contributed by atoms with Gasteiger partial charge < -0.3 is 20.9 Å². The van der Waals surface area contributed by atoms with Crippen molar-refractivity contribution in [2.45, 2.75) is 25.3 Å². The average molecular weight is 490 g/mol. The van der Waals surface area contributed by atoms with Gasteiger partial charge in [0.15, 0.2) is 0 Å². The van der Waals surface area contributed by atoms with Gasteiger partial charge in [-0.05, 0) is 54.1 Å². The largest absolute Gasteiger partial charge is 0.363 e. The summed E-state index contributed by atoms with van der Waals surface area (Å²) in [6.45, 7) is 1.62. The van der Waals surface area contributed by atoms with Crippen molar-refractivity contribution in [2.75, 3.05) is 29.0 Å². The Morgan fingerprint density at radius 2 is 1.62 bits per heavy atom. The van der Waals surface area contributed by atoms with Gasteiger partial charge in [-0.15, -0.1) is 0 Å². The van der Waals surface area contributed by atoms with E-state index in [1.165, 1.54) is 11.1 Å². The van der Waals surface area contributed by atoms with Gasteiger partial charge in [0, 0.05) is 30.7 Å². The minimum absolute atomic E-state index is 0.0502. The monoisotopic (exact) mass is 490 g/mol. The van der Waals surface area contributed by atoms with Crippen molar-refractivity contribution in [1.82, 2.24) is 14.9 Å². The van der Waals surface area contributed by atoms with Crippen LogP contribution in [-0.2, 0) is 6.42 Å². The van der Waals surface area contributed by atoms with Gasteiger partial charge >= 0.3 is 6.03 Å². The maximum Gasteiger partial charge on any atom is 0.321 e. The Labute approximate surface area is 218 Å². The molecule has 0 spiro atoms. The van der Waals surface area contributed by atoms with Gasteiger partial charge in [-0.1, -0.05) is 66.7 Å². The van der Waals surface area contributed by atoms with Crippen LogP contribution in [0, 0.1) is 0 Å². The summed E-state index contributed by atoms with van der Waals surface area (Å²) < 4.78 is 0. The molecule has 1 aliphatic heterocycles. The zero-order valence-electron chi connectivity index (χ0n) is 21.0. The van der Waals surface area contributed by atoms with E-state index in [0.717, 1.165) is 55.0 Å². The highest BCUT2D eigenvalue weighted by Crippen LogP contribution is 2.24. The molecule has 1 saturated heterocycles. The second kappa shape index (κ2) is 11.6. The van der Waals surface area contributed by atoms with Crippen LogP contribution in [-0.4, -0.2) is 41.8 Å². The molecule has 0 bridgehead atoms. The molecular weight excluding hydrogens is 459 g/mol. The van der Waals surface area contributed by atoms with Crippen LogP contribution in [0.5, 0.6) is 0 Å². The van der Waals surface area contributed by atoms with Crippen LogP contribution in [0.2, 0.25) is 0 Å². The number of amides is 2. The molecule has 2 heterocycles. The van der Waals surface area contributed by atoms with Crippen LogP contribution in [0.3, 0.4) is 0 Å². The summed E-state index contributed by atoms with van der Waals surface area (Å²) in [5.74, 6) is 1.27.